The van der Waals surface area contributed by atoms with Crippen molar-refractivity contribution >= 4 is 17.5 Å². The van der Waals surface area contributed by atoms with Crippen molar-refractivity contribution in [2.45, 2.75) is 32.7 Å². The van der Waals surface area contributed by atoms with Crippen LogP contribution in [-0.4, -0.2) is 17.4 Å². The average molecular weight is 249 g/mol. The van der Waals surface area contributed by atoms with Gasteiger partial charge in [0.25, 0.3) is 5.91 Å². The molecule has 5 heteroatoms. The molecule has 0 atom stereocenters. The second-order valence-electron chi connectivity index (χ2n) is 5.06. The van der Waals surface area contributed by atoms with E-state index in [0.717, 1.165) is 5.56 Å². The van der Waals surface area contributed by atoms with Gasteiger partial charge < -0.3 is 16.8 Å². The summed E-state index contributed by atoms with van der Waals surface area (Å²) in [6, 6.07) is 5.07. The number of benzene rings is 1. The number of hydrogen-bond acceptors (Lipinski definition) is 3. The van der Waals surface area contributed by atoms with Gasteiger partial charge in [-0.25, -0.2) is 0 Å². The van der Waals surface area contributed by atoms with Crippen LogP contribution in [0.1, 0.15) is 36.2 Å². The molecule has 0 aromatic heterocycles. The van der Waals surface area contributed by atoms with Crippen molar-refractivity contribution in [2.24, 2.45) is 5.73 Å². The van der Waals surface area contributed by atoms with Gasteiger partial charge in [0.15, 0.2) is 0 Å². The van der Waals surface area contributed by atoms with E-state index in [1.165, 1.54) is 0 Å². The number of rotatable bonds is 4. The van der Waals surface area contributed by atoms with Crippen LogP contribution < -0.4 is 16.8 Å². The van der Waals surface area contributed by atoms with Crippen LogP contribution >= 0.6 is 0 Å². The summed E-state index contributed by atoms with van der Waals surface area (Å²) in [5.74, 6) is -0.687. The predicted molar refractivity (Wildman–Crippen MR) is 70.9 cm³/mol. The molecule has 1 aromatic rings. The summed E-state index contributed by atoms with van der Waals surface area (Å²) in [5, 5.41) is 2.78. The van der Waals surface area contributed by atoms with Crippen LogP contribution in [0.5, 0.6) is 0 Å². The van der Waals surface area contributed by atoms with Gasteiger partial charge in [0.1, 0.15) is 0 Å². The molecule has 0 saturated carbocycles. The SMILES string of the molecule is Cc1cc(N)ccc1C(=O)NC(C)(C)CC(N)=O. The minimum Gasteiger partial charge on any atom is -0.399 e. The first-order valence-electron chi connectivity index (χ1n) is 5.68. The lowest BCUT2D eigenvalue weighted by Crippen LogP contribution is -2.46. The van der Waals surface area contributed by atoms with Crippen molar-refractivity contribution in [3.05, 3.63) is 29.3 Å². The average Bonchev–Trinajstić information content (AvgIpc) is 2.13. The number of nitrogens with two attached hydrogens (primary N) is 2. The fourth-order valence-electron chi connectivity index (χ4n) is 1.80. The van der Waals surface area contributed by atoms with E-state index < -0.39 is 11.4 Å². The quantitative estimate of drug-likeness (QED) is 0.693. The van der Waals surface area contributed by atoms with Crippen LogP contribution in [0.4, 0.5) is 5.69 Å². The van der Waals surface area contributed by atoms with Gasteiger partial charge in [-0.3, -0.25) is 9.59 Å². The lowest BCUT2D eigenvalue weighted by molar-refractivity contribution is -0.119. The Morgan fingerprint density at radius 1 is 1.33 bits per heavy atom. The maximum atomic E-state index is 12.1. The van der Waals surface area contributed by atoms with Crippen LogP contribution in [0.2, 0.25) is 0 Å². The van der Waals surface area contributed by atoms with Crippen LogP contribution in [0.3, 0.4) is 0 Å². The molecule has 0 bridgehead atoms. The Hall–Kier alpha value is -2.04. The molecule has 0 saturated heterocycles. The van der Waals surface area contributed by atoms with Gasteiger partial charge in [0.2, 0.25) is 5.91 Å². The lowest BCUT2D eigenvalue weighted by Gasteiger charge is -2.25. The van der Waals surface area contributed by atoms with Crippen molar-refractivity contribution in [3.8, 4) is 0 Å². The smallest absolute Gasteiger partial charge is 0.251 e. The van der Waals surface area contributed by atoms with E-state index >= 15 is 0 Å². The summed E-state index contributed by atoms with van der Waals surface area (Å²) in [7, 11) is 0. The van der Waals surface area contributed by atoms with Gasteiger partial charge in [-0.05, 0) is 44.5 Å². The second kappa shape index (κ2) is 5.08. The summed E-state index contributed by atoms with van der Waals surface area (Å²) >= 11 is 0. The fourth-order valence-corrected chi connectivity index (χ4v) is 1.80. The molecule has 0 aliphatic rings. The maximum absolute atomic E-state index is 12.1. The number of anilines is 1. The number of aryl methyl sites for hydroxylation is 1. The minimum atomic E-state index is -0.670. The molecule has 0 heterocycles. The van der Waals surface area contributed by atoms with Gasteiger partial charge in [-0.15, -0.1) is 0 Å². The molecular weight excluding hydrogens is 230 g/mol. The Labute approximate surface area is 107 Å². The zero-order chi connectivity index (χ0) is 13.9. The Morgan fingerprint density at radius 3 is 2.44 bits per heavy atom. The fraction of sp³-hybridized carbons (Fsp3) is 0.385. The number of carbonyl (C=O) groups excluding carboxylic acids is 2. The number of primary amides is 1. The molecule has 98 valence electrons. The summed E-state index contributed by atoms with van der Waals surface area (Å²) < 4.78 is 0. The largest absolute Gasteiger partial charge is 0.399 e. The predicted octanol–water partition coefficient (Wildman–Crippen LogP) is 0.961. The van der Waals surface area contributed by atoms with Crippen molar-refractivity contribution in [3.63, 3.8) is 0 Å². The number of nitrogen functional groups attached to an aromatic ring is 1. The lowest BCUT2D eigenvalue weighted by atomic mass is 9.98. The Morgan fingerprint density at radius 2 is 1.94 bits per heavy atom. The highest BCUT2D eigenvalue weighted by Gasteiger charge is 2.24. The minimum absolute atomic E-state index is 0.0900. The van der Waals surface area contributed by atoms with E-state index in [0.29, 0.717) is 11.3 Å². The molecule has 0 spiro atoms. The first-order chi connectivity index (χ1) is 8.21. The molecule has 0 aliphatic carbocycles. The molecule has 0 fully saturated rings. The highest BCUT2D eigenvalue weighted by Crippen LogP contribution is 2.15. The molecule has 2 amide bonds. The molecule has 18 heavy (non-hydrogen) atoms. The van der Waals surface area contributed by atoms with Gasteiger partial charge in [0.05, 0.1) is 0 Å². The number of hydrogen-bond donors (Lipinski definition) is 3. The molecule has 5 N–H and O–H groups in total. The highest BCUT2D eigenvalue weighted by molar-refractivity contribution is 5.96. The van der Waals surface area contributed by atoms with Crippen LogP contribution in [0.15, 0.2) is 18.2 Å². The summed E-state index contributed by atoms with van der Waals surface area (Å²) in [6.45, 7) is 5.32. The summed E-state index contributed by atoms with van der Waals surface area (Å²) in [5.41, 5.74) is 12.0. The monoisotopic (exact) mass is 249 g/mol. The third-order valence-electron chi connectivity index (χ3n) is 2.56. The number of nitrogens with one attached hydrogen (secondary N) is 1. The first kappa shape index (κ1) is 14.0. The van der Waals surface area contributed by atoms with E-state index in [-0.39, 0.29) is 12.3 Å². The van der Waals surface area contributed by atoms with Gasteiger partial charge >= 0.3 is 0 Å². The van der Waals surface area contributed by atoms with E-state index in [2.05, 4.69) is 5.32 Å². The third-order valence-corrected chi connectivity index (χ3v) is 2.56. The molecule has 0 radical (unpaired) electrons. The zero-order valence-corrected chi connectivity index (χ0v) is 10.9. The first-order valence-corrected chi connectivity index (χ1v) is 5.68. The van der Waals surface area contributed by atoms with Crippen molar-refractivity contribution in [1.82, 2.24) is 5.32 Å². The number of carbonyl (C=O) groups is 2. The number of amides is 2. The molecule has 1 aromatic carbocycles. The summed E-state index contributed by atoms with van der Waals surface area (Å²) in [6.07, 6.45) is 0.0900. The van der Waals surface area contributed by atoms with Crippen LogP contribution in [0, 0.1) is 6.92 Å². The maximum Gasteiger partial charge on any atom is 0.251 e. The normalized spacial score (nSPS) is 11.1. The second-order valence-corrected chi connectivity index (χ2v) is 5.06. The van der Waals surface area contributed by atoms with Gasteiger partial charge in [-0.2, -0.15) is 0 Å². The third kappa shape index (κ3) is 3.76. The van der Waals surface area contributed by atoms with Crippen molar-refractivity contribution in [2.75, 3.05) is 5.73 Å². The molecule has 5 nitrogen and oxygen atoms in total. The van der Waals surface area contributed by atoms with Crippen LogP contribution in [0.25, 0.3) is 0 Å². The highest BCUT2D eigenvalue weighted by atomic mass is 16.2. The Bertz CT molecular complexity index is 481. The summed E-state index contributed by atoms with van der Waals surface area (Å²) in [4.78, 5) is 23.0. The Balaban J connectivity index is 2.85. The molecular formula is C13H19N3O2. The molecule has 1 rings (SSSR count). The van der Waals surface area contributed by atoms with E-state index in [9.17, 15) is 9.59 Å². The van der Waals surface area contributed by atoms with Gasteiger partial charge in [-0.1, -0.05) is 0 Å². The molecule has 0 unspecified atom stereocenters. The van der Waals surface area contributed by atoms with E-state index in [1.54, 1.807) is 32.0 Å². The van der Waals surface area contributed by atoms with Crippen LogP contribution in [-0.2, 0) is 4.79 Å². The Kier molecular flexibility index (Phi) is 3.96. The van der Waals surface area contributed by atoms with Crippen molar-refractivity contribution in [1.29, 1.82) is 0 Å². The van der Waals surface area contributed by atoms with E-state index in [1.807, 2.05) is 6.92 Å². The molecule has 0 aliphatic heterocycles. The zero-order valence-electron chi connectivity index (χ0n) is 10.9. The topological polar surface area (TPSA) is 98.2 Å². The van der Waals surface area contributed by atoms with E-state index in [4.69, 9.17) is 11.5 Å². The van der Waals surface area contributed by atoms with Gasteiger partial charge in [0, 0.05) is 23.2 Å². The van der Waals surface area contributed by atoms with Crippen molar-refractivity contribution < 1.29 is 9.59 Å². The standard InChI is InChI=1S/C13H19N3O2/c1-8-6-9(14)4-5-10(8)12(18)16-13(2,3)7-11(15)17/h4-6H,7,14H2,1-3H3,(H2,15,17)(H,16,18).